The predicted octanol–water partition coefficient (Wildman–Crippen LogP) is 3.77. The number of benzene rings is 1. The molecular weight excluding hydrogens is 465 g/mol. The van der Waals surface area contributed by atoms with Crippen LogP contribution in [0.1, 0.15) is 33.0 Å². The molecular formula is C22H19F3N8O2. The minimum atomic E-state index is -4.51. The molecule has 4 rings (SSSR count). The van der Waals surface area contributed by atoms with Crippen LogP contribution in [0.5, 0.6) is 0 Å². The first-order chi connectivity index (χ1) is 16.6. The number of rotatable bonds is 6. The van der Waals surface area contributed by atoms with Gasteiger partial charge in [0.15, 0.2) is 18.2 Å². The Bertz CT molecular complexity index is 1370. The maximum Gasteiger partial charge on any atom is 0.417 e. The van der Waals surface area contributed by atoms with Crippen LogP contribution in [0, 0.1) is 13.8 Å². The van der Waals surface area contributed by atoms with E-state index in [0.717, 1.165) is 23.4 Å². The molecule has 0 spiro atoms. The number of hydrogen-bond acceptors (Lipinski definition) is 9. The lowest BCUT2D eigenvalue weighted by Gasteiger charge is -2.10. The summed E-state index contributed by atoms with van der Waals surface area (Å²) in [5.41, 5.74) is 7.06. The number of alkyl halides is 3. The molecule has 0 saturated carbocycles. The highest BCUT2D eigenvalue weighted by Gasteiger charge is 2.31. The fourth-order valence-electron chi connectivity index (χ4n) is 3.12. The van der Waals surface area contributed by atoms with Crippen LogP contribution in [-0.4, -0.2) is 35.7 Å². The van der Waals surface area contributed by atoms with Crippen LogP contribution in [-0.2, 0) is 17.5 Å². The second-order valence-corrected chi connectivity index (χ2v) is 7.41. The summed E-state index contributed by atoms with van der Waals surface area (Å²) in [6.45, 7) is 3.18. The number of para-hydroxylation sites is 1. The lowest BCUT2D eigenvalue weighted by atomic mass is 10.2. The van der Waals surface area contributed by atoms with Gasteiger partial charge >= 0.3 is 12.1 Å². The molecule has 3 heterocycles. The number of carbonyl (C=O) groups is 1. The van der Waals surface area contributed by atoms with Crippen molar-refractivity contribution in [3.63, 3.8) is 0 Å². The van der Waals surface area contributed by atoms with Gasteiger partial charge in [-0.1, -0.05) is 18.2 Å². The van der Waals surface area contributed by atoms with Gasteiger partial charge in [0.05, 0.1) is 17.5 Å². The number of nitrogen functional groups attached to an aromatic ring is 1. The van der Waals surface area contributed by atoms with Crippen LogP contribution < -0.4 is 11.1 Å². The summed E-state index contributed by atoms with van der Waals surface area (Å²) >= 11 is 0. The van der Waals surface area contributed by atoms with Crippen LogP contribution in [0.15, 0.2) is 48.8 Å². The summed E-state index contributed by atoms with van der Waals surface area (Å²) < 4.78 is 44.8. The first-order valence-electron chi connectivity index (χ1n) is 10.2. The Kier molecular flexibility index (Phi) is 6.32. The summed E-state index contributed by atoms with van der Waals surface area (Å²) in [7, 11) is 0. The van der Waals surface area contributed by atoms with Crippen LogP contribution in [0.2, 0.25) is 0 Å². The summed E-state index contributed by atoms with van der Waals surface area (Å²) in [6, 6.07) is 9.55. The number of esters is 1. The largest absolute Gasteiger partial charge is 0.454 e. The van der Waals surface area contributed by atoms with Crippen molar-refractivity contribution in [2.45, 2.75) is 26.6 Å². The average molecular weight is 484 g/mol. The number of carbonyl (C=O) groups excluding carboxylic acids is 1. The van der Waals surface area contributed by atoms with E-state index in [1.807, 2.05) is 31.2 Å². The highest BCUT2D eigenvalue weighted by atomic mass is 19.4. The van der Waals surface area contributed by atoms with Crippen molar-refractivity contribution in [2.75, 3.05) is 11.1 Å². The molecule has 0 aliphatic heterocycles. The highest BCUT2D eigenvalue weighted by Crippen LogP contribution is 2.29. The monoisotopic (exact) mass is 484 g/mol. The molecule has 35 heavy (non-hydrogen) atoms. The van der Waals surface area contributed by atoms with E-state index in [2.05, 4.69) is 30.4 Å². The van der Waals surface area contributed by atoms with Gasteiger partial charge < -0.3 is 15.8 Å². The molecule has 13 heteroatoms. The number of aromatic nitrogens is 6. The van der Waals surface area contributed by atoms with Gasteiger partial charge in [0, 0.05) is 11.9 Å². The van der Waals surface area contributed by atoms with Crippen LogP contribution in [0.25, 0.3) is 5.82 Å². The summed E-state index contributed by atoms with van der Waals surface area (Å²) in [5.74, 6) is -0.356. The zero-order chi connectivity index (χ0) is 25.2. The predicted molar refractivity (Wildman–Crippen MR) is 119 cm³/mol. The molecule has 1 aromatic carbocycles. The van der Waals surface area contributed by atoms with E-state index < -0.39 is 17.7 Å². The molecule has 0 aliphatic rings. The number of halogens is 3. The molecule has 0 radical (unpaired) electrons. The Morgan fingerprint density at radius 1 is 1.09 bits per heavy atom. The summed E-state index contributed by atoms with van der Waals surface area (Å²) in [5, 5.41) is 7.08. The van der Waals surface area contributed by atoms with Crippen LogP contribution in [0.3, 0.4) is 0 Å². The third kappa shape index (κ3) is 5.34. The average Bonchev–Trinajstić information content (AvgIpc) is 3.19. The number of nitrogens with one attached hydrogen (secondary N) is 1. The van der Waals surface area contributed by atoms with E-state index in [-0.39, 0.29) is 35.7 Å². The molecule has 0 bridgehead atoms. The summed E-state index contributed by atoms with van der Waals surface area (Å²) in [6.07, 6.45) is -2.57. The Morgan fingerprint density at radius 3 is 2.54 bits per heavy atom. The quantitative estimate of drug-likeness (QED) is 0.392. The third-order valence-electron chi connectivity index (χ3n) is 4.94. The minimum Gasteiger partial charge on any atom is -0.454 e. The first kappa shape index (κ1) is 23.6. The zero-order valence-corrected chi connectivity index (χ0v) is 18.5. The number of aryl methyl sites for hydroxylation is 1. The molecule has 0 amide bonds. The van der Waals surface area contributed by atoms with E-state index >= 15 is 0 Å². The van der Waals surface area contributed by atoms with E-state index in [4.69, 9.17) is 10.5 Å². The molecule has 4 aromatic rings. The van der Waals surface area contributed by atoms with Gasteiger partial charge in [0.25, 0.3) is 0 Å². The molecule has 3 aromatic heterocycles. The van der Waals surface area contributed by atoms with Crippen molar-refractivity contribution in [3.8, 4) is 5.82 Å². The van der Waals surface area contributed by atoms with E-state index in [1.165, 1.54) is 10.9 Å². The van der Waals surface area contributed by atoms with Crippen molar-refractivity contribution >= 4 is 23.6 Å². The third-order valence-corrected chi connectivity index (χ3v) is 4.94. The molecule has 3 N–H and O–H groups in total. The molecule has 180 valence electrons. The van der Waals surface area contributed by atoms with Crippen molar-refractivity contribution < 1.29 is 22.7 Å². The van der Waals surface area contributed by atoms with Gasteiger partial charge in [-0.25, -0.2) is 14.5 Å². The van der Waals surface area contributed by atoms with Gasteiger partial charge in [-0.15, -0.1) is 0 Å². The van der Waals surface area contributed by atoms with Gasteiger partial charge in [-0.2, -0.15) is 33.2 Å². The summed E-state index contributed by atoms with van der Waals surface area (Å²) in [4.78, 5) is 28.6. The second kappa shape index (κ2) is 9.37. The Labute approximate surface area is 197 Å². The van der Waals surface area contributed by atoms with Crippen LogP contribution >= 0.6 is 0 Å². The van der Waals surface area contributed by atoms with Gasteiger partial charge in [-0.3, -0.25) is 0 Å². The Morgan fingerprint density at radius 2 is 1.86 bits per heavy atom. The Balaban J connectivity index is 1.46. The molecule has 0 aliphatic carbocycles. The smallest absolute Gasteiger partial charge is 0.417 e. The normalized spacial score (nSPS) is 11.3. The number of anilines is 3. The SMILES string of the molecule is Cc1ccccc1Nc1nc(N)nc(COC(=O)c2cnn(-c3ccc(C(F)(F)F)cn3)c2C)n1. The first-order valence-corrected chi connectivity index (χ1v) is 10.2. The maximum absolute atomic E-state index is 12.8. The van der Waals surface area contributed by atoms with Gasteiger partial charge in [-0.05, 0) is 37.6 Å². The fraction of sp³-hybridized carbons (Fsp3) is 0.182. The minimum absolute atomic E-state index is 0.0560. The van der Waals surface area contributed by atoms with Gasteiger partial charge in [0.1, 0.15) is 5.56 Å². The number of pyridine rings is 1. The second-order valence-electron chi connectivity index (χ2n) is 7.41. The highest BCUT2D eigenvalue weighted by molar-refractivity contribution is 5.90. The van der Waals surface area contributed by atoms with E-state index in [1.54, 1.807) is 6.92 Å². The van der Waals surface area contributed by atoms with Crippen molar-refractivity contribution in [1.82, 2.24) is 29.7 Å². The number of nitrogens with zero attached hydrogens (tertiary/aromatic N) is 6. The maximum atomic E-state index is 12.8. The fourth-order valence-corrected chi connectivity index (χ4v) is 3.12. The molecule has 0 unspecified atom stereocenters. The lowest BCUT2D eigenvalue weighted by molar-refractivity contribution is -0.137. The van der Waals surface area contributed by atoms with E-state index in [9.17, 15) is 18.0 Å². The number of hydrogen-bond donors (Lipinski definition) is 2. The van der Waals surface area contributed by atoms with E-state index in [0.29, 0.717) is 11.9 Å². The van der Waals surface area contributed by atoms with Crippen LogP contribution in [0.4, 0.5) is 30.8 Å². The molecule has 0 fully saturated rings. The zero-order valence-electron chi connectivity index (χ0n) is 18.5. The molecule has 10 nitrogen and oxygen atoms in total. The topological polar surface area (TPSA) is 134 Å². The van der Waals surface area contributed by atoms with Crippen molar-refractivity contribution in [1.29, 1.82) is 0 Å². The Hall–Kier alpha value is -4.55. The molecule has 0 saturated heterocycles. The molecule has 0 atom stereocenters. The number of nitrogens with two attached hydrogens (primary N) is 1. The van der Waals surface area contributed by atoms with Crippen molar-refractivity contribution in [3.05, 3.63) is 77.0 Å². The van der Waals surface area contributed by atoms with Crippen molar-refractivity contribution in [2.24, 2.45) is 0 Å². The number of ether oxygens (including phenoxy) is 1. The van der Waals surface area contributed by atoms with Gasteiger partial charge in [0.2, 0.25) is 11.9 Å². The standard InChI is InChI=1S/C22H19F3N8O2/c1-12-5-3-4-6-16(12)29-21-31-17(30-20(26)32-21)11-35-19(34)15-10-28-33(13(15)2)18-8-7-14(9-27-18)22(23,24)25/h3-10H,11H2,1-2H3,(H3,26,29,30,31,32). The lowest BCUT2D eigenvalue weighted by Crippen LogP contribution is -2.12.